The Kier molecular flexibility index (Phi) is 46.9. The molecule has 0 spiro atoms. The van der Waals surface area contributed by atoms with Gasteiger partial charge < -0.3 is 27.9 Å². The van der Waals surface area contributed by atoms with Crippen molar-refractivity contribution >= 4 is 19.8 Å². The van der Waals surface area contributed by atoms with E-state index in [2.05, 4.69) is 26.0 Å². The molecule has 0 saturated heterocycles. The standard InChI is InChI=1S/C55H108NO8P/c1-6-8-10-12-14-16-18-20-21-22-23-24-25-26-27-28-29-30-31-32-33-34-35-36-38-40-42-44-46-48-55(58)64-53(52-63-65(59,60)62-50-49-56(3,4)5)51-61-54(57)47-45-43-41-39-37-19-17-15-13-11-9-7-2/h22-23,53H,6-21,24-52H2,1-5H3/b23-22-. The van der Waals surface area contributed by atoms with Crippen LogP contribution in [0.5, 0.6) is 0 Å². The molecule has 9 nitrogen and oxygen atoms in total. The van der Waals surface area contributed by atoms with Gasteiger partial charge in [0.25, 0.3) is 7.82 Å². The lowest BCUT2D eigenvalue weighted by molar-refractivity contribution is -0.870. The van der Waals surface area contributed by atoms with Crippen LogP contribution in [0.4, 0.5) is 0 Å². The Morgan fingerprint density at radius 3 is 1.14 bits per heavy atom. The molecule has 0 aliphatic carbocycles. The normalized spacial score (nSPS) is 13.4. The molecule has 0 aromatic heterocycles. The van der Waals surface area contributed by atoms with Gasteiger partial charge in [0.15, 0.2) is 6.10 Å². The van der Waals surface area contributed by atoms with Crippen LogP contribution in [0, 0.1) is 0 Å². The van der Waals surface area contributed by atoms with Crippen LogP contribution in [-0.2, 0) is 32.7 Å². The number of quaternary nitrogens is 1. The molecule has 0 aromatic rings. The van der Waals surface area contributed by atoms with Crippen molar-refractivity contribution in [3.8, 4) is 0 Å². The Balaban J connectivity index is 4.02. The van der Waals surface area contributed by atoms with Gasteiger partial charge in [0.1, 0.15) is 19.8 Å². The second-order valence-electron chi connectivity index (χ2n) is 20.3. The van der Waals surface area contributed by atoms with Crippen LogP contribution >= 0.6 is 7.82 Å². The van der Waals surface area contributed by atoms with Gasteiger partial charge in [-0.25, -0.2) is 0 Å². The molecule has 0 aliphatic rings. The van der Waals surface area contributed by atoms with Crippen molar-refractivity contribution in [3.05, 3.63) is 12.2 Å². The molecule has 2 unspecified atom stereocenters. The lowest BCUT2D eigenvalue weighted by Crippen LogP contribution is -2.37. The van der Waals surface area contributed by atoms with E-state index in [4.69, 9.17) is 18.5 Å². The van der Waals surface area contributed by atoms with E-state index in [1.807, 2.05) is 21.1 Å². The van der Waals surface area contributed by atoms with Gasteiger partial charge in [-0.3, -0.25) is 14.2 Å². The summed E-state index contributed by atoms with van der Waals surface area (Å²) in [5.74, 6) is -0.818. The average molecular weight is 942 g/mol. The summed E-state index contributed by atoms with van der Waals surface area (Å²) >= 11 is 0. The number of allylic oxidation sites excluding steroid dienone is 2. The van der Waals surface area contributed by atoms with Gasteiger partial charge >= 0.3 is 11.9 Å². The zero-order valence-corrected chi connectivity index (χ0v) is 44.6. The Morgan fingerprint density at radius 2 is 0.785 bits per heavy atom. The number of unbranched alkanes of at least 4 members (excludes halogenated alkanes) is 36. The lowest BCUT2D eigenvalue weighted by atomic mass is 10.0. The fraction of sp³-hybridized carbons (Fsp3) is 0.927. The first kappa shape index (κ1) is 63.8. The zero-order chi connectivity index (χ0) is 47.8. The molecule has 0 amide bonds. The van der Waals surface area contributed by atoms with Gasteiger partial charge in [0.2, 0.25) is 0 Å². The second-order valence-corrected chi connectivity index (χ2v) is 21.7. The van der Waals surface area contributed by atoms with E-state index in [1.54, 1.807) is 0 Å². The first-order valence-corrected chi connectivity index (χ1v) is 29.4. The van der Waals surface area contributed by atoms with Crippen LogP contribution in [0.15, 0.2) is 12.2 Å². The van der Waals surface area contributed by atoms with E-state index in [-0.39, 0.29) is 32.0 Å². The molecular formula is C55H108NO8P. The Hall–Kier alpha value is -1.25. The van der Waals surface area contributed by atoms with Gasteiger partial charge in [-0.2, -0.15) is 0 Å². The van der Waals surface area contributed by atoms with Crippen molar-refractivity contribution in [3.63, 3.8) is 0 Å². The Bertz CT molecular complexity index is 1110. The highest BCUT2D eigenvalue weighted by Crippen LogP contribution is 2.38. The number of nitrogens with zero attached hydrogens (tertiary/aromatic N) is 1. The molecule has 0 bridgehead atoms. The predicted octanol–water partition coefficient (Wildman–Crippen LogP) is 16.2. The van der Waals surface area contributed by atoms with Crippen LogP contribution in [0.2, 0.25) is 0 Å². The zero-order valence-electron chi connectivity index (χ0n) is 43.7. The summed E-state index contributed by atoms with van der Waals surface area (Å²) in [4.78, 5) is 37.7. The van der Waals surface area contributed by atoms with Gasteiger partial charge in [-0.05, 0) is 38.5 Å². The molecule has 10 heteroatoms. The third-order valence-electron chi connectivity index (χ3n) is 12.5. The van der Waals surface area contributed by atoms with Gasteiger partial charge in [0.05, 0.1) is 27.7 Å². The number of phosphoric acid groups is 1. The summed E-state index contributed by atoms with van der Waals surface area (Å²) in [6, 6.07) is 0. The third kappa shape index (κ3) is 52.0. The molecule has 0 aromatic carbocycles. The summed E-state index contributed by atoms with van der Waals surface area (Å²) in [5, 5.41) is 0. The Morgan fingerprint density at radius 1 is 0.462 bits per heavy atom. The fourth-order valence-electron chi connectivity index (χ4n) is 8.18. The van der Waals surface area contributed by atoms with Crippen molar-refractivity contribution < 1.29 is 42.1 Å². The molecule has 386 valence electrons. The van der Waals surface area contributed by atoms with E-state index in [0.29, 0.717) is 17.4 Å². The molecule has 2 atom stereocenters. The largest absolute Gasteiger partial charge is 0.756 e. The summed E-state index contributed by atoms with van der Waals surface area (Å²) in [5.41, 5.74) is 0. The third-order valence-corrected chi connectivity index (χ3v) is 13.5. The maximum absolute atomic E-state index is 12.8. The molecule has 0 fully saturated rings. The summed E-state index contributed by atoms with van der Waals surface area (Å²) in [6.45, 7) is 4.27. The van der Waals surface area contributed by atoms with Crippen molar-refractivity contribution in [2.75, 3.05) is 47.5 Å². The van der Waals surface area contributed by atoms with E-state index in [0.717, 1.165) is 32.1 Å². The van der Waals surface area contributed by atoms with Crippen molar-refractivity contribution in [1.29, 1.82) is 0 Å². The quantitative estimate of drug-likeness (QED) is 0.0195. The van der Waals surface area contributed by atoms with Crippen LogP contribution < -0.4 is 4.89 Å². The summed E-state index contributed by atoms with van der Waals surface area (Å²) in [7, 11) is 1.18. The number of ether oxygens (including phenoxy) is 2. The minimum absolute atomic E-state index is 0.0266. The first-order valence-electron chi connectivity index (χ1n) is 27.9. The van der Waals surface area contributed by atoms with Crippen molar-refractivity contribution in [2.24, 2.45) is 0 Å². The van der Waals surface area contributed by atoms with Crippen LogP contribution in [0.1, 0.15) is 277 Å². The number of likely N-dealkylation sites (N-methyl/N-ethyl adjacent to an activating group) is 1. The number of phosphoric ester groups is 1. The summed E-state index contributed by atoms with van der Waals surface area (Å²) < 4.78 is 34.1. The number of rotatable bonds is 52. The summed E-state index contributed by atoms with van der Waals surface area (Å²) in [6.07, 6.45) is 54.1. The maximum Gasteiger partial charge on any atom is 0.306 e. The van der Waals surface area contributed by atoms with Crippen molar-refractivity contribution in [1.82, 2.24) is 0 Å². The maximum atomic E-state index is 12.8. The van der Waals surface area contributed by atoms with E-state index in [1.165, 1.54) is 212 Å². The van der Waals surface area contributed by atoms with Gasteiger partial charge in [-0.15, -0.1) is 0 Å². The molecule has 65 heavy (non-hydrogen) atoms. The molecule has 0 aliphatic heterocycles. The highest BCUT2D eigenvalue weighted by molar-refractivity contribution is 7.45. The minimum Gasteiger partial charge on any atom is -0.756 e. The van der Waals surface area contributed by atoms with Crippen molar-refractivity contribution in [2.45, 2.75) is 283 Å². The second kappa shape index (κ2) is 47.8. The van der Waals surface area contributed by atoms with E-state index < -0.39 is 26.5 Å². The highest BCUT2D eigenvalue weighted by Gasteiger charge is 2.22. The van der Waals surface area contributed by atoms with E-state index >= 15 is 0 Å². The van der Waals surface area contributed by atoms with E-state index in [9.17, 15) is 19.0 Å². The van der Waals surface area contributed by atoms with Crippen LogP contribution in [-0.4, -0.2) is 70.0 Å². The Labute approximate surface area is 403 Å². The molecule has 0 saturated carbocycles. The van der Waals surface area contributed by atoms with Crippen LogP contribution in [0.25, 0.3) is 0 Å². The fourth-order valence-corrected chi connectivity index (χ4v) is 8.91. The number of hydrogen-bond acceptors (Lipinski definition) is 8. The molecule has 0 heterocycles. The lowest BCUT2D eigenvalue weighted by Gasteiger charge is -2.28. The molecule has 0 radical (unpaired) electrons. The number of esters is 2. The SMILES string of the molecule is CCCCCCCCCC/C=C\CCCCCCCCCCCCCCCCCCCC(=O)OC(COC(=O)CCCCCCCCCCCCCC)COP(=O)([O-])OCC[N+](C)(C)C. The molecular weight excluding hydrogens is 834 g/mol. The topological polar surface area (TPSA) is 111 Å². The predicted molar refractivity (Wildman–Crippen MR) is 273 cm³/mol. The molecule has 0 rings (SSSR count). The van der Waals surface area contributed by atoms with Gasteiger partial charge in [0, 0.05) is 12.8 Å². The average Bonchev–Trinajstić information content (AvgIpc) is 3.26. The number of hydrogen-bond donors (Lipinski definition) is 0. The highest BCUT2D eigenvalue weighted by atomic mass is 31.2. The smallest absolute Gasteiger partial charge is 0.306 e. The monoisotopic (exact) mass is 942 g/mol. The minimum atomic E-state index is -4.62. The number of carbonyl (C=O) groups excluding carboxylic acids is 2. The molecule has 0 N–H and O–H groups in total. The number of carbonyl (C=O) groups is 2. The first-order chi connectivity index (χ1) is 31.5. The van der Waals surface area contributed by atoms with Crippen LogP contribution in [0.3, 0.4) is 0 Å². The van der Waals surface area contributed by atoms with Gasteiger partial charge in [-0.1, -0.05) is 238 Å².